The molecular formula is C14H18N2O8. The molecule has 1 aliphatic rings. The lowest BCUT2D eigenvalue weighted by Crippen LogP contribution is -2.40. The quantitative estimate of drug-likeness (QED) is 0.637. The molecule has 10 heteroatoms. The zero-order chi connectivity index (χ0) is 18.0. The van der Waals surface area contributed by atoms with E-state index >= 15 is 0 Å². The van der Waals surface area contributed by atoms with Gasteiger partial charge in [-0.3, -0.25) is 23.9 Å². The van der Waals surface area contributed by atoms with Crippen LogP contribution in [0.2, 0.25) is 0 Å². The van der Waals surface area contributed by atoms with Gasteiger partial charge in [-0.25, -0.2) is 4.79 Å². The molecule has 4 unspecified atom stereocenters. The molecule has 2 N–H and O–H groups in total. The van der Waals surface area contributed by atoms with E-state index in [1.54, 1.807) is 0 Å². The number of carbonyl (C=O) groups is 2. The third-order valence-corrected chi connectivity index (χ3v) is 3.48. The van der Waals surface area contributed by atoms with Crippen LogP contribution in [0.5, 0.6) is 0 Å². The fourth-order valence-corrected chi connectivity index (χ4v) is 2.40. The van der Waals surface area contributed by atoms with Gasteiger partial charge >= 0.3 is 17.6 Å². The van der Waals surface area contributed by atoms with Crippen molar-refractivity contribution in [2.45, 2.75) is 45.3 Å². The van der Waals surface area contributed by atoms with Crippen LogP contribution >= 0.6 is 0 Å². The van der Waals surface area contributed by atoms with Crippen LogP contribution in [0.25, 0.3) is 0 Å². The number of aliphatic hydroxyl groups excluding tert-OH is 1. The minimum absolute atomic E-state index is 0.234. The number of rotatable bonds is 4. The first-order chi connectivity index (χ1) is 11.2. The van der Waals surface area contributed by atoms with Crippen molar-refractivity contribution in [3.63, 3.8) is 0 Å². The fourth-order valence-electron chi connectivity index (χ4n) is 2.40. The molecule has 1 fully saturated rings. The van der Waals surface area contributed by atoms with Crippen LogP contribution in [-0.2, 0) is 23.8 Å². The molecule has 0 aliphatic carbocycles. The Morgan fingerprint density at radius 2 is 2.00 bits per heavy atom. The van der Waals surface area contributed by atoms with E-state index in [4.69, 9.17) is 14.2 Å². The number of ether oxygens (including phenoxy) is 3. The Bertz CT molecular complexity index is 752. The Labute approximate surface area is 136 Å². The average molecular weight is 342 g/mol. The summed E-state index contributed by atoms with van der Waals surface area (Å²) in [4.78, 5) is 47.7. The molecule has 24 heavy (non-hydrogen) atoms. The Morgan fingerprint density at radius 3 is 2.58 bits per heavy atom. The Kier molecular flexibility index (Phi) is 5.20. The highest BCUT2D eigenvalue weighted by atomic mass is 16.6. The number of carbonyl (C=O) groups excluding carboxylic acids is 2. The Hall–Kier alpha value is -2.46. The van der Waals surface area contributed by atoms with Crippen LogP contribution in [0.4, 0.5) is 0 Å². The van der Waals surface area contributed by atoms with E-state index in [-0.39, 0.29) is 12.2 Å². The summed E-state index contributed by atoms with van der Waals surface area (Å²) in [6.07, 6.45) is -3.47. The Balaban J connectivity index is 2.33. The molecule has 0 saturated carbocycles. The van der Waals surface area contributed by atoms with Crippen LogP contribution in [0.15, 0.2) is 15.8 Å². The molecule has 1 aromatic rings. The standard InChI is InChI=1S/C14H18N2O8/c1-6-4-16(14(21)15-12(6)20)13-10(19)11(23-8(3)18)9(24-13)5-22-7(2)17/h4,9-11,13,19H,5H2,1-3H3,(H,15,20,21). The highest BCUT2D eigenvalue weighted by molar-refractivity contribution is 5.66. The number of aromatic amines is 1. The monoisotopic (exact) mass is 342 g/mol. The van der Waals surface area contributed by atoms with Gasteiger partial charge in [-0.1, -0.05) is 0 Å². The highest BCUT2D eigenvalue weighted by Gasteiger charge is 2.47. The number of aryl methyl sites for hydroxylation is 1. The first-order valence-corrected chi connectivity index (χ1v) is 7.17. The summed E-state index contributed by atoms with van der Waals surface area (Å²) in [7, 11) is 0. The lowest BCUT2D eigenvalue weighted by molar-refractivity contribution is -0.157. The molecule has 0 bridgehead atoms. The molecule has 132 valence electrons. The van der Waals surface area contributed by atoms with Gasteiger partial charge in [0.05, 0.1) is 0 Å². The van der Waals surface area contributed by atoms with Crippen LogP contribution < -0.4 is 11.2 Å². The zero-order valence-corrected chi connectivity index (χ0v) is 13.3. The van der Waals surface area contributed by atoms with Gasteiger partial charge in [-0.05, 0) is 6.92 Å². The summed E-state index contributed by atoms with van der Waals surface area (Å²) in [5.74, 6) is -1.24. The van der Waals surface area contributed by atoms with Gasteiger partial charge in [-0.15, -0.1) is 0 Å². The topological polar surface area (TPSA) is 137 Å². The van der Waals surface area contributed by atoms with E-state index < -0.39 is 47.7 Å². The summed E-state index contributed by atoms with van der Waals surface area (Å²) in [5, 5.41) is 10.4. The fraction of sp³-hybridized carbons (Fsp3) is 0.571. The molecule has 1 saturated heterocycles. The van der Waals surface area contributed by atoms with Gasteiger partial charge in [0, 0.05) is 25.6 Å². The first kappa shape index (κ1) is 17.9. The van der Waals surface area contributed by atoms with E-state index in [0.717, 1.165) is 11.5 Å². The number of hydrogen-bond donors (Lipinski definition) is 2. The number of nitrogens with one attached hydrogen (secondary N) is 1. The molecule has 10 nitrogen and oxygen atoms in total. The van der Waals surface area contributed by atoms with E-state index in [0.29, 0.717) is 0 Å². The number of esters is 2. The average Bonchev–Trinajstić information content (AvgIpc) is 2.77. The minimum Gasteiger partial charge on any atom is -0.463 e. The van der Waals surface area contributed by atoms with Crippen LogP contribution in [0, 0.1) is 6.92 Å². The van der Waals surface area contributed by atoms with Gasteiger partial charge in [-0.2, -0.15) is 0 Å². The van der Waals surface area contributed by atoms with Crippen molar-refractivity contribution < 1.29 is 28.9 Å². The molecule has 0 radical (unpaired) electrons. The largest absolute Gasteiger partial charge is 0.463 e. The zero-order valence-electron chi connectivity index (χ0n) is 13.3. The first-order valence-electron chi connectivity index (χ1n) is 7.17. The second-order valence-corrected chi connectivity index (χ2v) is 5.41. The number of H-pyrrole nitrogens is 1. The van der Waals surface area contributed by atoms with Crippen molar-refractivity contribution in [2.75, 3.05) is 6.61 Å². The van der Waals surface area contributed by atoms with Crippen molar-refractivity contribution in [2.24, 2.45) is 0 Å². The maximum absolute atomic E-state index is 11.9. The maximum atomic E-state index is 11.9. The van der Waals surface area contributed by atoms with Crippen molar-refractivity contribution in [1.29, 1.82) is 0 Å². The van der Waals surface area contributed by atoms with Crippen LogP contribution in [-0.4, -0.2) is 51.5 Å². The van der Waals surface area contributed by atoms with Crippen molar-refractivity contribution in [3.05, 3.63) is 32.6 Å². The molecule has 4 atom stereocenters. The van der Waals surface area contributed by atoms with Gasteiger partial charge in [0.1, 0.15) is 18.8 Å². The summed E-state index contributed by atoms with van der Waals surface area (Å²) < 4.78 is 16.4. The number of aliphatic hydroxyl groups is 1. The molecule has 1 aromatic heterocycles. The van der Waals surface area contributed by atoms with E-state index in [9.17, 15) is 24.3 Å². The van der Waals surface area contributed by atoms with Crippen molar-refractivity contribution >= 4 is 11.9 Å². The number of hydrogen-bond acceptors (Lipinski definition) is 8. The normalized spacial score (nSPS) is 26.2. The Morgan fingerprint density at radius 1 is 1.33 bits per heavy atom. The molecule has 1 aliphatic heterocycles. The third-order valence-electron chi connectivity index (χ3n) is 3.48. The lowest BCUT2D eigenvalue weighted by Gasteiger charge is -2.19. The summed E-state index contributed by atoms with van der Waals surface area (Å²) in [6, 6.07) is 0. The summed E-state index contributed by atoms with van der Waals surface area (Å²) >= 11 is 0. The SMILES string of the molecule is CC(=O)OCC1OC(n2cc(C)c(=O)[nH]c2=O)C(O)C1OC(C)=O. The van der Waals surface area contributed by atoms with Crippen LogP contribution in [0.1, 0.15) is 25.6 Å². The van der Waals surface area contributed by atoms with Crippen molar-refractivity contribution in [3.8, 4) is 0 Å². The molecule has 0 aromatic carbocycles. The number of aromatic nitrogens is 2. The van der Waals surface area contributed by atoms with E-state index in [2.05, 4.69) is 4.98 Å². The second-order valence-electron chi connectivity index (χ2n) is 5.41. The van der Waals surface area contributed by atoms with E-state index in [1.807, 2.05) is 0 Å². The minimum atomic E-state index is -1.39. The van der Waals surface area contributed by atoms with Crippen LogP contribution in [0.3, 0.4) is 0 Å². The van der Waals surface area contributed by atoms with Gasteiger partial charge in [0.15, 0.2) is 12.3 Å². The summed E-state index contributed by atoms with van der Waals surface area (Å²) in [6.45, 7) is 3.56. The van der Waals surface area contributed by atoms with Crippen molar-refractivity contribution in [1.82, 2.24) is 9.55 Å². The predicted molar refractivity (Wildman–Crippen MR) is 78.2 cm³/mol. The lowest BCUT2D eigenvalue weighted by atomic mass is 10.1. The molecule has 2 heterocycles. The highest BCUT2D eigenvalue weighted by Crippen LogP contribution is 2.30. The van der Waals surface area contributed by atoms with Gasteiger partial charge < -0.3 is 19.3 Å². The molecule has 0 spiro atoms. The maximum Gasteiger partial charge on any atom is 0.330 e. The molecular weight excluding hydrogens is 324 g/mol. The predicted octanol–water partition coefficient (Wildman–Crippen LogP) is -1.40. The second kappa shape index (κ2) is 6.97. The smallest absolute Gasteiger partial charge is 0.330 e. The number of nitrogens with zero attached hydrogens (tertiary/aromatic N) is 1. The van der Waals surface area contributed by atoms with Gasteiger partial charge in [0.25, 0.3) is 5.56 Å². The van der Waals surface area contributed by atoms with E-state index in [1.165, 1.54) is 20.0 Å². The molecule has 2 rings (SSSR count). The third kappa shape index (κ3) is 3.71. The van der Waals surface area contributed by atoms with Gasteiger partial charge in [0.2, 0.25) is 0 Å². The summed E-state index contributed by atoms with van der Waals surface area (Å²) in [5.41, 5.74) is -1.11. The molecule has 0 amide bonds.